The molecule has 3 N–H and O–H groups in total. The fourth-order valence-corrected chi connectivity index (χ4v) is 2.52. The summed E-state index contributed by atoms with van der Waals surface area (Å²) in [4.78, 5) is 24.2. The molecule has 0 spiro atoms. The molecule has 0 aliphatic rings. The van der Waals surface area contributed by atoms with Crippen LogP contribution in [0.15, 0.2) is 48.5 Å². The zero-order valence-electron chi connectivity index (χ0n) is 14.7. The van der Waals surface area contributed by atoms with E-state index in [2.05, 4.69) is 36.9 Å². The molecule has 0 fully saturated rings. The van der Waals surface area contributed by atoms with Crippen LogP contribution in [0.1, 0.15) is 47.1 Å². The molecule has 2 aromatic rings. The molecule has 0 saturated carbocycles. The maximum atomic E-state index is 12.2. The monoisotopic (exact) mass is 389 g/mol. The molecule has 0 heterocycles. The molecule has 5 nitrogen and oxygen atoms in total. The minimum absolute atomic E-state index is 0.00879. The minimum Gasteiger partial charge on any atom is -0.298 e. The molecule has 0 saturated heterocycles. The average molecular weight is 390 g/mol. The number of halogens is 1. The topological polar surface area (TPSA) is 70.2 Å². The van der Waals surface area contributed by atoms with Crippen LogP contribution in [0.2, 0.25) is 5.02 Å². The van der Waals surface area contributed by atoms with Crippen molar-refractivity contribution in [1.82, 2.24) is 16.2 Å². The van der Waals surface area contributed by atoms with E-state index in [1.54, 1.807) is 36.4 Å². The Hall–Kier alpha value is -2.44. The second kappa shape index (κ2) is 8.29. The first-order valence-corrected chi connectivity index (χ1v) is 8.74. The van der Waals surface area contributed by atoms with Gasteiger partial charge < -0.3 is 0 Å². The Morgan fingerprint density at radius 1 is 0.923 bits per heavy atom. The summed E-state index contributed by atoms with van der Waals surface area (Å²) < 4.78 is 0. The van der Waals surface area contributed by atoms with Crippen LogP contribution in [-0.4, -0.2) is 16.9 Å². The van der Waals surface area contributed by atoms with Gasteiger partial charge in [0.25, 0.3) is 11.8 Å². The lowest BCUT2D eigenvalue weighted by atomic mass is 9.87. The van der Waals surface area contributed by atoms with Gasteiger partial charge in [0, 0.05) is 5.56 Å². The van der Waals surface area contributed by atoms with Crippen molar-refractivity contribution < 1.29 is 9.59 Å². The molecule has 0 aliphatic heterocycles. The van der Waals surface area contributed by atoms with Crippen LogP contribution < -0.4 is 16.2 Å². The van der Waals surface area contributed by atoms with Crippen LogP contribution in [-0.2, 0) is 5.41 Å². The van der Waals surface area contributed by atoms with Crippen molar-refractivity contribution in [3.05, 3.63) is 70.2 Å². The SMILES string of the molecule is CC(C)(C)c1ccc(C(=O)NC(=S)NNC(=O)c2ccccc2Cl)cc1. The minimum atomic E-state index is -0.457. The Balaban J connectivity index is 1.90. The molecular formula is C19H20ClN3O2S. The third kappa shape index (κ3) is 5.28. The number of hydrogen-bond donors (Lipinski definition) is 3. The van der Waals surface area contributed by atoms with E-state index in [4.69, 9.17) is 23.8 Å². The molecule has 7 heteroatoms. The van der Waals surface area contributed by atoms with Gasteiger partial charge in [-0.2, -0.15) is 0 Å². The van der Waals surface area contributed by atoms with Crippen LogP contribution in [0.5, 0.6) is 0 Å². The average Bonchev–Trinajstić information content (AvgIpc) is 2.59. The van der Waals surface area contributed by atoms with Gasteiger partial charge in [0.05, 0.1) is 10.6 Å². The summed E-state index contributed by atoms with van der Waals surface area (Å²) in [7, 11) is 0. The van der Waals surface area contributed by atoms with E-state index in [9.17, 15) is 9.59 Å². The summed E-state index contributed by atoms with van der Waals surface area (Å²) in [6.45, 7) is 6.30. The van der Waals surface area contributed by atoms with E-state index < -0.39 is 5.91 Å². The van der Waals surface area contributed by atoms with Crippen LogP contribution in [0.3, 0.4) is 0 Å². The Kier molecular flexibility index (Phi) is 6.34. The highest BCUT2D eigenvalue weighted by molar-refractivity contribution is 7.80. The first-order valence-electron chi connectivity index (χ1n) is 7.95. The van der Waals surface area contributed by atoms with E-state index in [1.807, 2.05) is 12.1 Å². The second-order valence-corrected chi connectivity index (χ2v) is 7.49. The first kappa shape index (κ1) is 19.9. The number of hydrogen-bond acceptors (Lipinski definition) is 3. The molecule has 0 aliphatic carbocycles. The largest absolute Gasteiger partial charge is 0.298 e. The van der Waals surface area contributed by atoms with Gasteiger partial charge in [-0.25, -0.2) is 0 Å². The molecule has 2 amide bonds. The van der Waals surface area contributed by atoms with Gasteiger partial charge in [0.2, 0.25) is 0 Å². The van der Waals surface area contributed by atoms with Crippen molar-refractivity contribution in [3.63, 3.8) is 0 Å². The third-order valence-electron chi connectivity index (χ3n) is 3.65. The number of carbonyl (C=O) groups excluding carboxylic acids is 2. The maximum Gasteiger partial charge on any atom is 0.271 e. The van der Waals surface area contributed by atoms with E-state index in [0.717, 1.165) is 5.56 Å². The summed E-state index contributed by atoms with van der Waals surface area (Å²) in [5.41, 5.74) is 6.79. The summed E-state index contributed by atoms with van der Waals surface area (Å²) in [6.07, 6.45) is 0. The number of benzene rings is 2. The van der Waals surface area contributed by atoms with Crippen molar-refractivity contribution in [3.8, 4) is 0 Å². The Morgan fingerprint density at radius 2 is 1.54 bits per heavy atom. The van der Waals surface area contributed by atoms with Crippen molar-refractivity contribution in [2.45, 2.75) is 26.2 Å². The number of thiocarbonyl (C=S) groups is 1. The molecule has 0 aromatic heterocycles. The molecule has 26 heavy (non-hydrogen) atoms. The van der Waals surface area contributed by atoms with Crippen LogP contribution in [0, 0.1) is 0 Å². The predicted octanol–water partition coefficient (Wildman–Crippen LogP) is 3.59. The quantitative estimate of drug-likeness (QED) is 0.542. The van der Waals surface area contributed by atoms with Crippen LogP contribution in [0.25, 0.3) is 0 Å². The molecule has 2 rings (SSSR count). The van der Waals surface area contributed by atoms with Gasteiger partial charge in [-0.3, -0.25) is 25.8 Å². The van der Waals surface area contributed by atoms with Crippen molar-refractivity contribution in [1.29, 1.82) is 0 Å². The number of amides is 2. The normalized spacial score (nSPS) is 10.8. The molecule has 0 bridgehead atoms. The summed E-state index contributed by atoms with van der Waals surface area (Å²) in [5.74, 6) is -0.823. The number of rotatable bonds is 2. The lowest BCUT2D eigenvalue weighted by molar-refractivity contribution is 0.0934. The molecule has 136 valence electrons. The lowest BCUT2D eigenvalue weighted by Gasteiger charge is -2.19. The summed E-state index contributed by atoms with van der Waals surface area (Å²) in [5, 5.41) is 2.81. The molecule has 0 radical (unpaired) electrons. The highest BCUT2D eigenvalue weighted by atomic mass is 35.5. The number of carbonyl (C=O) groups is 2. The predicted molar refractivity (Wildman–Crippen MR) is 107 cm³/mol. The van der Waals surface area contributed by atoms with Crippen LogP contribution in [0.4, 0.5) is 0 Å². The Morgan fingerprint density at radius 3 is 2.12 bits per heavy atom. The first-order chi connectivity index (χ1) is 12.2. The highest BCUT2D eigenvalue weighted by Gasteiger charge is 2.15. The second-order valence-electron chi connectivity index (χ2n) is 6.67. The number of nitrogens with one attached hydrogen (secondary N) is 3. The van der Waals surface area contributed by atoms with Crippen LogP contribution >= 0.6 is 23.8 Å². The van der Waals surface area contributed by atoms with Crippen molar-refractivity contribution in [2.24, 2.45) is 0 Å². The maximum absolute atomic E-state index is 12.2. The van der Waals surface area contributed by atoms with Gasteiger partial charge >= 0.3 is 0 Å². The Bertz CT molecular complexity index is 829. The zero-order valence-corrected chi connectivity index (χ0v) is 16.3. The van der Waals surface area contributed by atoms with Gasteiger partial charge in [0.1, 0.15) is 0 Å². The van der Waals surface area contributed by atoms with E-state index >= 15 is 0 Å². The van der Waals surface area contributed by atoms with Gasteiger partial charge in [-0.15, -0.1) is 0 Å². The standard InChI is InChI=1S/C19H20ClN3O2S/c1-19(2,3)13-10-8-12(9-11-13)16(24)21-18(26)23-22-17(25)14-6-4-5-7-15(14)20/h4-11H,1-3H3,(H,22,25)(H2,21,23,24,26). The summed E-state index contributed by atoms with van der Waals surface area (Å²) in [6, 6.07) is 13.9. The fourth-order valence-electron chi connectivity index (χ4n) is 2.15. The fraction of sp³-hybridized carbons (Fsp3) is 0.211. The summed E-state index contributed by atoms with van der Waals surface area (Å²) >= 11 is 11.0. The lowest BCUT2D eigenvalue weighted by Crippen LogP contribution is -2.48. The molecule has 2 aromatic carbocycles. The van der Waals surface area contributed by atoms with E-state index in [0.29, 0.717) is 16.1 Å². The third-order valence-corrected chi connectivity index (χ3v) is 4.18. The van der Waals surface area contributed by atoms with E-state index in [-0.39, 0.29) is 16.4 Å². The van der Waals surface area contributed by atoms with Gasteiger partial charge in [0.15, 0.2) is 5.11 Å². The van der Waals surface area contributed by atoms with Gasteiger partial charge in [-0.05, 0) is 47.5 Å². The highest BCUT2D eigenvalue weighted by Crippen LogP contribution is 2.22. The molecule has 0 unspecified atom stereocenters. The zero-order chi connectivity index (χ0) is 19.3. The van der Waals surface area contributed by atoms with Crippen molar-refractivity contribution in [2.75, 3.05) is 0 Å². The Labute approximate surface area is 163 Å². The van der Waals surface area contributed by atoms with Crippen molar-refractivity contribution >= 4 is 40.7 Å². The molecular weight excluding hydrogens is 370 g/mol. The van der Waals surface area contributed by atoms with E-state index in [1.165, 1.54) is 0 Å². The molecule has 0 atom stereocenters. The number of hydrazine groups is 1. The van der Waals surface area contributed by atoms with Gasteiger partial charge in [-0.1, -0.05) is 56.6 Å². The smallest absolute Gasteiger partial charge is 0.271 e.